The Hall–Kier alpha value is -3.16. The summed E-state index contributed by atoms with van der Waals surface area (Å²) in [5, 5.41) is 24.2. The standard InChI is InChI=1S/C13H12N4O4/c14-12-7-10(3-6-13(12)17(20)21)15-8-9-1-4-11(5-2-9)16(18)19/h1-7,15H,8,14H2. The van der Waals surface area contributed by atoms with Crippen LogP contribution in [0.5, 0.6) is 0 Å². The van der Waals surface area contributed by atoms with E-state index >= 15 is 0 Å². The summed E-state index contributed by atoms with van der Waals surface area (Å²) in [4.78, 5) is 20.2. The van der Waals surface area contributed by atoms with Crippen LogP contribution in [0.4, 0.5) is 22.7 Å². The Kier molecular flexibility index (Phi) is 3.98. The van der Waals surface area contributed by atoms with Gasteiger partial charge in [0.15, 0.2) is 0 Å². The Morgan fingerprint density at radius 1 is 1.00 bits per heavy atom. The quantitative estimate of drug-likeness (QED) is 0.495. The molecule has 3 N–H and O–H groups in total. The maximum atomic E-state index is 10.6. The van der Waals surface area contributed by atoms with Crippen LogP contribution in [0.1, 0.15) is 5.56 Å². The molecule has 8 heteroatoms. The van der Waals surface area contributed by atoms with Crippen molar-refractivity contribution in [3.63, 3.8) is 0 Å². The molecule has 0 aliphatic carbocycles. The first kappa shape index (κ1) is 14.3. The van der Waals surface area contributed by atoms with Crippen molar-refractivity contribution in [2.24, 2.45) is 0 Å². The normalized spacial score (nSPS) is 10.1. The molecule has 21 heavy (non-hydrogen) atoms. The average molecular weight is 288 g/mol. The van der Waals surface area contributed by atoms with Gasteiger partial charge < -0.3 is 11.1 Å². The molecule has 0 amide bonds. The monoisotopic (exact) mass is 288 g/mol. The third-order valence-corrected chi connectivity index (χ3v) is 2.87. The maximum absolute atomic E-state index is 10.6. The lowest BCUT2D eigenvalue weighted by Gasteiger charge is -2.07. The van der Waals surface area contributed by atoms with Crippen molar-refractivity contribution in [1.29, 1.82) is 0 Å². The van der Waals surface area contributed by atoms with Crippen LogP contribution >= 0.6 is 0 Å². The van der Waals surface area contributed by atoms with Gasteiger partial charge in [0.05, 0.1) is 9.85 Å². The Labute approximate surface area is 119 Å². The molecular formula is C13H12N4O4. The van der Waals surface area contributed by atoms with E-state index in [9.17, 15) is 20.2 Å². The molecule has 0 aliphatic rings. The Morgan fingerprint density at radius 2 is 1.67 bits per heavy atom. The van der Waals surface area contributed by atoms with Gasteiger partial charge in [0.25, 0.3) is 11.4 Å². The lowest BCUT2D eigenvalue weighted by Crippen LogP contribution is -2.01. The van der Waals surface area contributed by atoms with E-state index in [-0.39, 0.29) is 17.1 Å². The molecule has 0 bridgehead atoms. The highest BCUT2D eigenvalue weighted by Crippen LogP contribution is 2.25. The summed E-state index contributed by atoms with van der Waals surface area (Å²) in [6.45, 7) is 0.426. The first-order valence-electron chi connectivity index (χ1n) is 5.98. The molecule has 2 rings (SSSR count). The molecule has 0 spiro atoms. The van der Waals surface area contributed by atoms with Crippen LogP contribution in [0, 0.1) is 20.2 Å². The molecule has 108 valence electrons. The van der Waals surface area contributed by atoms with E-state index < -0.39 is 9.85 Å². The minimum atomic E-state index is -0.546. The zero-order valence-electron chi connectivity index (χ0n) is 10.9. The largest absolute Gasteiger partial charge is 0.393 e. The van der Waals surface area contributed by atoms with Crippen molar-refractivity contribution in [2.45, 2.75) is 6.54 Å². The van der Waals surface area contributed by atoms with Crippen molar-refractivity contribution in [3.05, 3.63) is 68.3 Å². The zero-order chi connectivity index (χ0) is 15.4. The molecule has 8 nitrogen and oxygen atoms in total. The molecule has 0 aromatic heterocycles. The molecule has 2 aromatic rings. The fourth-order valence-corrected chi connectivity index (χ4v) is 1.77. The fourth-order valence-electron chi connectivity index (χ4n) is 1.77. The minimum absolute atomic E-state index is 0.0262. The van der Waals surface area contributed by atoms with Gasteiger partial charge >= 0.3 is 0 Å². The van der Waals surface area contributed by atoms with E-state index in [0.717, 1.165) is 5.56 Å². The van der Waals surface area contributed by atoms with E-state index in [0.29, 0.717) is 12.2 Å². The van der Waals surface area contributed by atoms with Crippen LogP contribution in [-0.4, -0.2) is 9.85 Å². The lowest BCUT2D eigenvalue weighted by atomic mass is 10.2. The van der Waals surface area contributed by atoms with Crippen LogP contribution in [0.2, 0.25) is 0 Å². The summed E-state index contributed by atoms with van der Waals surface area (Å²) in [7, 11) is 0. The first-order chi connectivity index (χ1) is 9.97. The van der Waals surface area contributed by atoms with Gasteiger partial charge in [-0.15, -0.1) is 0 Å². The molecule has 0 atom stereocenters. The minimum Gasteiger partial charge on any atom is -0.393 e. The predicted octanol–water partition coefficient (Wildman–Crippen LogP) is 2.70. The van der Waals surface area contributed by atoms with Gasteiger partial charge in [0, 0.05) is 30.4 Å². The first-order valence-corrected chi connectivity index (χ1v) is 5.98. The molecule has 0 fully saturated rings. The number of non-ortho nitro benzene ring substituents is 1. The summed E-state index contributed by atoms with van der Waals surface area (Å²) >= 11 is 0. The number of anilines is 2. The number of rotatable bonds is 5. The third kappa shape index (κ3) is 3.44. The number of nitrogens with zero attached hydrogens (tertiary/aromatic N) is 2. The topological polar surface area (TPSA) is 124 Å². The van der Waals surface area contributed by atoms with E-state index in [1.807, 2.05) is 0 Å². The van der Waals surface area contributed by atoms with Gasteiger partial charge in [-0.3, -0.25) is 20.2 Å². The second-order valence-corrected chi connectivity index (χ2v) is 4.31. The van der Waals surface area contributed by atoms with Crippen molar-refractivity contribution >= 4 is 22.7 Å². The number of nitro benzene ring substituents is 2. The van der Waals surface area contributed by atoms with Gasteiger partial charge in [-0.05, 0) is 17.7 Å². The Balaban J connectivity index is 2.04. The van der Waals surface area contributed by atoms with Gasteiger partial charge in [0.1, 0.15) is 5.69 Å². The molecule has 2 aromatic carbocycles. The smallest absolute Gasteiger partial charge is 0.292 e. The molecule has 0 radical (unpaired) electrons. The number of benzene rings is 2. The van der Waals surface area contributed by atoms with Crippen molar-refractivity contribution < 1.29 is 9.85 Å². The second kappa shape index (κ2) is 5.87. The van der Waals surface area contributed by atoms with Gasteiger partial charge in [0.2, 0.25) is 0 Å². The molecule has 0 saturated heterocycles. The van der Waals surface area contributed by atoms with Crippen LogP contribution in [0.3, 0.4) is 0 Å². The van der Waals surface area contributed by atoms with Gasteiger partial charge in [-0.1, -0.05) is 12.1 Å². The number of nitrogens with two attached hydrogens (primary N) is 1. The van der Waals surface area contributed by atoms with Gasteiger partial charge in [-0.2, -0.15) is 0 Å². The summed E-state index contributed by atoms with van der Waals surface area (Å²) in [5.74, 6) is 0. The van der Waals surface area contributed by atoms with E-state index in [1.54, 1.807) is 18.2 Å². The highest BCUT2D eigenvalue weighted by molar-refractivity contribution is 5.65. The second-order valence-electron chi connectivity index (χ2n) is 4.31. The van der Waals surface area contributed by atoms with Gasteiger partial charge in [-0.25, -0.2) is 0 Å². The zero-order valence-corrected chi connectivity index (χ0v) is 10.9. The average Bonchev–Trinajstić information content (AvgIpc) is 2.45. The Bertz CT molecular complexity index is 685. The van der Waals surface area contributed by atoms with Crippen LogP contribution in [0.15, 0.2) is 42.5 Å². The van der Waals surface area contributed by atoms with Crippen molar-refractivity contribution in [2.75, 3.05) is 11.1 Å². The number of nitro groups is 2. The highest BCUT2D eigenvalue weighted by Gasteiger charge is 2.11. The fraction of sp³-hybridized carbons (Fsp3) is 0.0769. The van der Waals surface area contributed by atoms with E-state index in [2.05, 4.69) is 5.32 Å². The van der Waals surface area contributed by atoms with E-state index in [1.165, 1.54) is 24.3 Å². The van der Waals surface area contributed by atoms with Crippen molar-refractivity contribution in [1.82, 2.24) is 0 Å². The summed E-state index contributed by atoms with van der Waals surface area (Å²) in [5.41, 5.74) is 7.03. The van der Waals surface area contributed by atoms with Crippen molar-refractivity contribution in [3.8, 4) is 0 Å². The number of nitrogen functional groups attached to an aromatic ring is 1. The number of hydrogen-bond donors (Lipinski definition) is 2. The summed E-state index contributed by atoms with van der Waals surface area (Å²) < 4.78 is 0. The predicted molar refractivity (Wildman–Crippen MR) is 77.9 cm³/mol. The van der Waals surface area contributed by atoms with Crippen LogP contribution < -0.4 is 11.1 Å². The van der Waals surface area contributed by atoms with E-state index in [4.69, 9.17) is 5.73 Å². The summed E-state index contributed by atoms with van der Waals surface area (Å²) in [6.07, 6.45) is 0. The highest BCUT2D eigenvalue weighted by atomic mass is 16.6. The maximum Gasteiger partial charge on any atom is 0.292 e. The Morgan fingerprint density at radius 3 is 2.19 bits per heavy atom. The molecular weight excluding hydrogens is 276 g/mol. The lowest BCUT2D eigenvalue weighted by molar-refractivity contribution is -0.384. The molecule has 0 heterocycles. The third-order valence-electron chi connectivity index (χ3n) is 2.87. The SMILES string of the molecule is Nc1cc(NCc2ccc([N+](=O)[O-])cc2)ccc1[N+](=O)[O-]. The molecule has 0 saturated carbocycles. The molecule has 0 aliphatic heterocycles. The van der Waals surface area contributed by atoms with Crippen LogP contribution in [0.25, 0.3) is 0 Å². The summed E-state index contributed by atoms with van der Waals surface area (Å²) in [6, 6.07) is 10.5. The molecule has 0 unspecified atom stereocenters. The van der Waals surface area contributed by atoms with Crippen LogP contribution in [-0.2, 0) is 6.54 Å². The number of hydrogen-bond acceptors (Lipinski definition) is 6. The number of nitrogens with one attached hydrogen (secondary N) is 1.